The largest absolute Gasteiger partial charge is 0.486 e. The van der Waals surface area contributed by atoms with Crippen molar-refractivity contribution in [2.24, 2.45) is 0 Å². The van der Waals surface area contributed by atoms with Crippen molar-refractivity contribution in [3.8, 4) is 22.3 Å². The number of ketones is 1. The maximum atomic E-state index is 13.0. The minimum Gasteiger partial charge on any atom is -0.486 e. The number of thiophene rings is 1. The lowest BCUT2D eigenvalue weighted by Gasteiger charge is -2.27. The van der Waals surface area contributed by atoms with Crippen molar-refractivity contribution in [3.63, 3.8) is 0 Å². The molecule has 5 rings (SSSR count). The third kappa shape index (κ3) is 3.75. The van der Waals surface area contributed by atoms with Gasteiger partial charge in [0, 0.05) is 17.0 Å². The fourth-order valence-electron chi connectivity index (χ4n) is 3.85. The molecule has 0 saturated heterocycles. The van der Waals surface area contributed by atoms with Gasteiger partial charge < -0.3 is 18.5 Å². The average Bonchev–Trinajstić information content (AvgIpc) is 3.51. The molecule has 9 heteroatoms. The average molecular weight is 452 g/mol. The molecule has 0 unspecified atom stereocenters. The van der Waals surface area contributed by atoms with E-state index in [4.69, 9.17) is 13.9 Å². The third-order valence-electron chi connectivity index (χ3n) is 5.46. The zero-order chi connectivity index (χ0) is 22.2. The van der Waals surface area contributed by atoms with Crippen molar-refractivity contribution in [2.45, 2.75) is 33.0 Å². The van der Waals surface area contributed by atoms with Crippen LogP contribution in [0.25, 0.3) is 10.8 Å². The molecule has 0 N–H and O–H groups in total. The molecule has 4 aromatic rings. The lowest BCUT2D eigenvalue weighted by atomic mass is 10.1. The highest BCUT2D eigenvalue weighted by Crippen LogP contribution is 2.31. The van der Waals surface area contributed by atoms with Crippen molar-refractivity contribution >= 4 is 17.1 Å². The predicted molar refractivity (Wildman–Crippen MR) is 119 cm³/mol. The number of hydrogen-bond acceptors (Lipinski definition) is 7. The van der Waals surface area contributed by atoms with Crippen molar-refractivity contribution in [2.75, 3.05) is 6.61 Å². The number of carbonyl (C=O) groups excluding carboxylic acids is 1. The lowest BCUT2D eigenvalue weighted by Crippen LogP contribution is -2.33. The van der Waals surface area contributed by atoms with Crippen molar-refractivity contribution < 1.29 is 18.7 Å². The minimum atomic E-state index is -0.651. The molecule has 0 radical (unpaired) electrons. The van der Waals surface area contributed by atoms with Crippen LogP contribution in [0, 0.1) is 13.8 Å². The normalized spacial score (nSPS) is 15.1. The van der Waals surface area contributed by atoms with E-state index in [1.807, 2.05) is 66.3 Å². The molecule has 1 aliphatic rings. The van der Waals surface area contributed by atoms with Crippen LogP contribution in [0.1, 0.15) is 21.7 Å². The highest BCUT2D eigenvalue weighted by molar-refractivity contribution is 7.13. The van der Waals surface area contributed by atoms with Crippen molar-refractivity contribution in [1.82, 2.24) is 14.3 Å². The van der Waals surface area contributed by atoms with Crippen LogP contribution in [0.4, 0.5) is 0 Å². The molecule has 4 heterocycles. The number of Topliss-reactive ketones (excluding diaryl/α,β-unsaturated/α-hetero) is 1. The van der Waals surface area contributed by atoms with Crippen LogP contribution in [0.15, 0.2) is 57.1 Å². The number of aryl methyl sites for hydroxylation is 1. The van der Waals surface area contributed by atoms with Crippen molar-refractivity contribution in [3.05, 3.63) is 75.3 Å². The van der Waals surface area contributed by atoms with Gasteiger partial charge >= 0.3 is 5.76 Å². The van der Waals surface area contributed by atoms with Gasteiger partial charge in [-0.15, -0.1) is 16.4 Å². The summed E-state index contributed by atoms with van der Waals surface area (Å²) >= 11 is 1.41. The van der Waals surface area contributed by atoms with Gasteiger partial charge in [-0.25, -0.2) is 4.79 Å². The molecule has 3 aromatic heterocycles. The summed E-state index contributed by atoms with van der Waals surface area (Å²) in [4.78, 5) is 25.9. The van der Waals surface area contributed by atoms with E-state index < -0.39 is 5.76 Å². The Morgan fingerprint density at radius 1 is 1.19 bits per heavy atom. The first kappa shape index (κ1) is 20.3. The summed E-state index contributed by atoms with van der Waals surface area (Å²) in [5.74, 6) is 0.818. The van der Waals surface area contributed by atoms with E-state index >= 15 is 0 Å². The number of fused-ring (bicyclic) bond motifs is 1. The molecular weight excluding hydrogens is 430 g/mol. The monoisotopic (exact) mass is 451 g/mol. The van der Waals surface area contributed by atoms with Crippen LogP contribution in [0.5, 0.6) is 11.5 Å². The standard InChI is InChI=1S/C23H21N3O5S/c1-14-10-17(18(27)12-26-23(28)31-22(24-26)21-8-5-9-32-21)15(2)25(14)11-16-13-29-19-6-3-4-7-20(19)30-16/h3-10,16H,11-13H2,1-2H3/t16-/m1/s1. The number of carbonyl (C=O) groups is 1. The molecule has 1 aromatic carbocycles. The Morgan fingerprint density at radius 2 is 2.00 bits per heavy atom. The molecule has 0 aliphatic carbocycles. The summed E-state index contributed by atoms with van der Waals surface area (Å²) in [6.45, 7) is 4.62. The van der Waals surface area contributed by atoms with Gasteiger partial charge in [0.2, 0.25) is 0 Å². The Balaban J connectivity index is 1.33. The number of rotatable bonds is 6. The minimum absolute atomic E-state index is 0.177. The zero-order valence-electron chi connectivity index (χ0n) is 17.6. The first-order valence-electron chi connectivity index (χ1n) is 10.2. The summed E-state index contributed by atoms with van der Waals surface area (Å²) in [7, 11) is 0. The zero-order valence-corrected chi connectivity index (χ0v) is 18.4. The fourth-order valence-corrected chi connectivity index (χ4v) is 4.49. The van der Waals surface area contributed by atoms with Gasteiger partial charge in [0.25, 0.3) is 5.89 Å². The number of ether oxygens (including phenoxy) is 2. The van der Waals surface area contributed by atoms with Crippen LogP contribution >= 0.6 is 11.3 Å². The number of para-hydroxylation sites is 2. The Morgan fingerprint density at radius 3 is 2.78 bits per heavy atom. The van der Waals surface area contributed by atoms with E-state index in [-0.39, 0.29) is 24.3 Å². The van der Waals surface area contributed by atoms with Gasteiger partial charge in [0.1, 0.15) is 13.2 Å². The Bertz CT molecular complexity index is 1330. The van der Waals surface area contributed by atoms with Crippen LogP contribution in [0.3, 0.4) is 0 Å². The van der Waals surface area contributed by atoms with E-state index in [0.29, 0.717) is 18.7 Å². The topological polar surface area (TPSA) is 88.5 Å². The summed E-state index contributed by atoms with van der Waals surface area (Å²) in [6, 6.07) is 13.1. The summed E-state index contributed by atoms with van der Waals surface area (Å²) < 4.78 is 20.2. The van der Waals surface area contributed by atoms with Gasteiger partial charge in [0.15, 0.2) is 23.4 Å². The van der Waals surface area contributed by atoms with Crippen molar-refractivity contribution in [1.29, 1.82) is 0 Å². The predicted octanol–water partition coefficient (Wildman–Crippen LogP) is 3.71. The van der Waals surface area contributed by atoms with Crippen LogP contribution in [-0.4, -0.2) is 32.8 Å². The molecule has 8 nitrogen and oxygen atoms in total. The number of benzene rings is 1. The number of nitrogens with zero attached hydrogens (tertiary/aromatic N) is 3. The van der Waals surface area contributed by atoms with Crippen LogP contribution in [-0.2, 0) is 13.1 Å². The lowest BCUT2D eigenvalue weighted by molar-refractivity contribution is 0.0777. The van der Waals surface area contributed by atoms with Crippen LogP contribution < -0.4 is 15.2 Å². The molecule has 1 aliphatic heterocycles. The molecule has 164 valence electrons. The second-order valence-corrected chi connectivity index (χ2v) is 8.57. The molecule has 0 fully saturated rings. The van der Waals surface area contributed by atoms with Gasteiger partial charge in [-0.05, 0) is 43.5 Å². The summed E-state index contributed by atoms with van der Waals surface area (Å²) in [6.07, 6.45) is -0.177. The SMILES string of the molecule is Cc1cc(C(=O)Cn2nc(-c3cccs3)oc2=O)c(C)n1C[C@@H]1COc2ccccc2O1. The number of hydrogen-bond donors (Lipinski definition) is 0. The maximum absolute atomic E-state index is 13.0. The van der Waals surface area contributed by atoms with E-state index in [9.17, 15) is 9.59 Å². The Hall–Kier alpha value is -3.59. The Kier molecular flexibility index (Phi) is 5.18. The number of aromatic nitrogens is 3. The summed E-state index contributed by atoms with van der Waals surface area (Å²) in [5, 5.41) is 6.04. The van der Waals surface area contributed by atoms with E-state index in [1.165, 1.54) is 11.3 Å². The van der Waals surface area contributed by atoms with Gasteiger partial charge in [-0.3, -0.25) is 4.79 Å². The van der Waals surface area contributed by atoms with Crippen LogP contribution in [0.2, 0.25) is 0 Å². The van der Waals surface area contributed by atoms with E-state index in [2.05, 4.69) is 5.10 Å². The van der Waals surface area contributed by atoms with Gasteiger partial charge in [0.05, 0.1) is 11.4 Å². The van der Waals surface area contributed by atoms with Gasteiger partial charge in [-0.2, -0.15) is 4.68 Å². The first-order valence-corrected chi connectivity index (χ1v) is 11.1. The molecule has 0 amide bonds. The second kappa shape index (κ2) is 8.16. The molecule has 0 saturated carbocycles. The van der Waals surface area contributed by atoms with Gasteiger partial charge in [-0.1, -0.05) is 18.2 Å². The molecule has 1 atom stereocenters. The molecule has 0 spiro atoms. The maximum Gasteiger partial charge on any atom is 0.437 e. The second-order valence-electron chi connectivity index (χ2n) is 7.62. The molecule has 32 heavy (non-hydrogen) atoms. The first-order chi connectivity index (χ1) is 15.5. The van der Waals surface area contributed by atoms with E-state index in [1.54, 1.807) is 0 Å². The fraction of sp³-hybridized carbons (Fsp3) is 0.261. The smallest absolute Gasteiger partial charge is 0.437 e. The summed E-state index contributed by atoms with van der Waals surface area (Å²) in [5.41, 5.74) is 2.29. The highest BCUT2D eigenvalue weighted by Gasteiger charge is 2.24. The van der Waals surface area contributed by atoms with E-state index in [0.717, 1.165) is 32.4 Å². The Labute approximate surface area is 187 Å². The third-order valence-corrected chi connectivity index (χ3v) is 6.32. The molecular formula is C23H21N3O5S. The molecule has 0 bridgehead atoms. The highest BCUT2D eigenvalue weighted by atomic mass is 32.1. The quantitative estimate of drug-likeness (QED) is 0.415.